The van der Waals surface area contributed by atoms with E-state index in [1.807, 2.05) is 4.90 Å². The monoisotopic (exact) mass is 546 g/mol. The zero-order chi connectivity index (χ0) is 26.1. The van der Waals surface area contributed by atoms with Crippen LogP contribution in [0.25, 0.3) is 11.0 Å². The van der Waals surface area contributed by atoms with Crippen LogP contribution in [0.15, 0.2) is 46.9 Å². The molecule has 2 amide bonds. The number of furan rings is 1. The molecule has 1 atom stereocenters. The predicted octanol–water partition coefficient (Wildman–Crippen LogP) is 4.03. The Kier molecular flexibility index (Phi) is 7.07. The number of rotatable bonds is 5. The normalized spacial score (nSPS) is 17.8. The molecule has 2 aliphatic rings. The molecule has 0 spiro atoms. The number of nitrogens with one attached hydrogen (secondary N) is 1. The highest BCUT2D eigenvalue weighted by Gasteiger charge is 2.33. The Balaban J connectivity index is 1.20. The van der Waals surface area contributed by atoms with Crippen LogP contribution in [-0.2, 0) is 9.47 Å². The molecule has 12 heteroatoms. The second-order valence-corrected chi connectivity index (χ2v) is 9.50. The van der Waals surface area contributed by atoms with E-state index in [1.165, 1.54) is 18.1 Å². The molecular weight excluding hydrogens is 523 g/mol. The fourth-order valence-electron chi connectivity index (χ4n) is 4.45. The van der Waals surface area contributed by atoms with E-state index in [4.69, 9.17) is 37.7 Å². The lowest BCUT2D eigenvalue weighted by atomic mass is 10.2. The summed E-state index contributed by atoms with van der Waals surface area (Å²) < 4.78 is 31.0. The van der Waals surface area contributed by atoms with Gasteiger partial charge < -0.3 is 29.0 Å². The molecule has 0 unspecified atom stereocenters. The third-order valence-electron chi connectivity index (χ3n) is 6.37. The largest absolute Gasteiger partial charge is 0.474 e. The van der Waals surface area contributed by atoms with Crippen LogP contribution in [0, 0.1) is 5.82 Å². The summed E-state index contributed by atoms with van der Waals surface area (Å²) in [6.45, 7) is 2.27. The third-order valence-corrected chi connectivity index (χ3v) is 6.92. The number of cyclic esters (lactones) is 1. The lowest BCUT2D eigenvalue weighted by Gasteiger charge is -2.36. The molecule has 0 radical (unpaired) electrons. The van der Waals surface area contributed by atoms with Gasteiger partial charge in [0.1, 0.15) is 17.5 Å². The van der Waals surface area contributed by atoms with Crippen molar-refractivity contribution in [2.24, 2.45) is 0 Å². The van der Waals surface area contributed by atoms with Gasteiger partial charge in [-0.25, -0.2) is 9.18 Å². The number of fused-ring (bicyclic) bond motifs is 1. The number of ether oxygens (including phenoxy) is 2. The molecule has 5 rings (SSSR count). The van der Waals surface area contributed by atoms with Crippen LogP contribution in [0.1, 0.15) is 10.6 Å². The number of carbonyl (C=O) groups excluding carboxylic acids is 2. The average molecular weight is 547 g/mol. The number of anilines is 2. The van der Waals surface area contributed by atoms with Gasteiger partial charge in [-0.05, 0) is 54.7 Å². The summed E-state index contributed by atoms with van der Waals surface area (Å²) in [6, 6.07) is 11.5. The number of carbonyl (C=O) groups is 2. The maximum Gasteiger partial charge on any atom is 0.414 e. The minimum absolute atomic E-state index is 0.203. The summed E-state index contributed by atoms with van der Waals surface area (Å²) >= 11 is 10.9. The van der Waals surface area contributed by atoms with Gasteiger partial charge in [-0.3, -0.25) is 9.69 Å². The topological polar surface area (TPSA) is 87.5 Å². The molecule has 0 saturated carbocycles. The standard InChI is InChI=1S/C25H24ClFN4O5S/c1-34-24(37)28-13-18-14-31(25(33)35-18)17-3-4-20(19(27)12-17)29-6-8-30(9-7-29)23(32)22-11-15-10-16(26)2-5-21(15)36-22/h2-5,10-12,18H,6-9,13-14H2,1H3,(H,28,37)/t18-/m0/s1. The van der Waals surface area contributed by atoms with E-state index >= 15 is 4.39 Å². The second kappa shape index (κ2) is 10.4. The maximum atomic E-state index is 15.1. The molecular formula is C25H24ClFN4O5S. The highest BCUT2D eigenvalue weighted by Crippen LogP contribution is 2.29. The number of methoxy groups -OCH3 is 1. The number of amides is 2. The van der Waals surface area contributed by atoms with Gasteiger partial charge in [-0.2, -0.15) is 0 Å². The van der Waals surface area contributed by atoms with E-state index in [0.29, 0.717) is 54.7 Å². The van der Waals surface area contributed by atoms with Crippen LogP contribution in [0.5, 0.6) is 0 Å². The first-order valence-corrected chi connectivity index (χ1v) is 12.4. The Labute approximate surface area is 222 Å². The Hall–Kier alpha value is -3.57. The maximum absolute atomic E-state index is 15.1. The Morgan fingerprint density at radius 2 is 1.97 bits per heavy atom. The van der Waals surface area contributed by atoms with E-state index in [0.717, 1.165) is 5.39 Å². The van der Waals surface area contributed by atoms with Crippen molar-refractivity contribution in [2.45, 2.75) is 6.10 Å². The summed E-state index contributed by atoms with van der Waals surface area (Å²) in [7, 11) is 1.45. The van der Waals surface area contributed by atoms with Crippen LogP contribution in [0.4, 0.5) is 20.6 Å². The van der Waals surface area contributed by atoms with Gasteiger partial charge in [-0.15, -0.1) is 0 Å². The van der Waals surface area contributed by atoms with Gasteiger partial charge in [0.15, 0.2) is 5.76 Å². The van der Waals surface area contributed by atoms with Crippen molar-refractivity contribution in [1.29, 1.82) is 0 Å². The predicted molar refractivity (Wildman–Crippen MR) is 141 cm³/mol. The second-order valence-electron chi connectivity index (χ2n) is 8.70. The van der Waals surface area contributed by atoms with Gasteiger partial charge in [0.2, 0.25) is 0 Å². The Bertz CT molecular complexity index is 1360. The number of benzene rings is 2. The van der Waals surface area contributed by atoms with Gasteiger partial charge in [0.05, 0.1) is 31.6 Å². The molecule has 37 heavy (non-hydrogen) atoms. The van der Waals surface area contributed by atoms with Crippen molar-refractivity contribution in [2.75, 3.05) is 56.2 Å². The number of hydrogen-bond acceptors (Lipinski definition) is 7. The third kappa shape index (κ3) is 5.28. The first-order valence-electron chi connectivity index (χ1n) is 11.6. The zero-order valence-electron chi connectivity index (χ0n) is 19.9. The molecule has 3 aromatic rings. The summed E-state index contributed by atoms with van der Waals surface area (Å²) in [5, 5.41) is 4.38. The van der Waals surface area contributed by atoms with E-state index in [2.05, 4.69) is 5.32 Å². The summed E-state index contributed by atoms with van der Waals surface area (Å²) in [5.41, 5.74) is 1.41. The number of nitrogens with zero attached hydrogens (tertiary/aromatic N) is 3. The molecule has 194 valence electrons. The fraction of sp³-hybridized carbons (Fsp3) is 0.320. The summed E-state index contributed by atoms with van der Waals surface area (Å²) in [5.74, 6) is -0.427. The van der Waals surface area contributed by atoms with Gasteiger partial charge >= 0.3 is 6.09 Å². The lowest BCUT2D eigenvalue weighted by molar-refractivity contribution is 0.0717. The van der Waals surface area contributed by atoms with Crippen LogP contribution in [0.2, 0.25) is 5.02 Å². The minimum atomic E-state index is -0.553. The zero-order valence-corrected chi connectivity index (χ0v) is 21.5. The molecule has 9 nitrogen and oxygen atoms in total. The number of halogens is 2. The molecule has 1 N–H and O–H groups in total. The highest BCUT2D eigenvalue weighted by atomic mass is 35.5. The molecule has 3 heterocycles. The summed E-state index contributed by atoms with van der Waals surface area (Å²) in [6.07, 6.45) is -1.00. The van der Waals surface area contributed by atoms with E-state index in [9.17, 15) is 9.59 Å². The quantitative estimate of drug-likeness (QED) is 0.480. The van der Waals surface area contributed by atoms with Crippen LogP contribution >= 0.6 is 23.8 Å². The van der Waals surface area contributed by atoms with Gasteiger partial charge in [0.25, 0.3) is 11.1 Å². The van der Waals surface area contributed by atoms with Gasteiger partial charge in [0, 0.05) is 36.6 Å². The van der Waals surface area contributed by atoms with E-state index in [1.54, 1.807) is 41.3 Å². The van der Waals surface area contributed by atoms with E-state index < -0.39 is 18.0 Å². The SMILES string of the molecule is COC(=S)NC[C@H]1CN(c2ccc(N3CCN(C(=O)c4cc5cc(Cl)ccc5o4)CC3)c(F)c2)C(=O)O1. The highest BCUT2D eigenvalue weighted by molar-refractivity contribution is 7.80. The summed E-state index contributed by atoms with van der Waals surface area (Å²) in [4.78, 5) is 30.2. The Morgan fingerprint density at radius 1 is 1.19 bits per heavy atom. The van der Waals surface area contributed by atoms with Crippen molar-refractivity contribution in [1.82, 2.24) is 10.2 Å². The van der Waals surface area contributed by atoms with Crippen LogP contribution < -0.4 is 15.1 Å². The molecule has 0 aliphatic carbocycles. The first-order chi connectivity index (χ1) is 17.8. The first kappa shape index (κ1) is 25.1. The van der Waals surface area contributed by atoms with Crippen LogP contribution in [-0.4, -0.2) is 74.6 Å². The number of thiocarbonyl (C=S) groups is 1. The molecule has 2 fully saturated rings. The molecule has 2 saturated heterocycles. The Morgan fingerprint density at radius 3 is 2.70 bits per heavy atom. The number of piperazine rings is 1. The fourth-order valence-corrected chi connectivity index (χ4v) is 4.72. The molecule has 2 aliphatic heterocycles. The van der Waals surface area contributed by atoms with Gasteiger partial charge in [-0.1, -0.05) is 11.6 Å². The average Bonchev–Trinajstić information content (AvgIpc) is 3.49. The lowest BCUT2D eigenvalue weighted by Crippen LogP contribution is -2.49. The van der Waals surface area contributed by atoms with Crippen molar-refractivity contribution >= 4 is 63.3 Å². The van der Waals surface area contributed by atoms with Crippen molar-refractivity contribution in [3.05, 3.63) is 59.1 Å². The van der Waals surface area contributed by atoms with Crippen molar-refractivity contribution in [3.63, 3.8) is 0 Å². The minimum Gasteiger partial charge on any atom is -0.474 e. The van der Waals surface area contributed by atoms with E-state index in [-0.39, 0.29) is 23.4 Å². The molecule has 0 bridgehead atoms. The smallest absolute Gasteiger partial charge is 0.414 e. The molecule has 2 aromatic carbocycles. The van der Waals surface area contributed by atoms with Crippen molar-refractivity contribution in [3.8, 4) is 0 Å². The van der Waals surface area contributed by atoms with Crippen LogP contribution in [0.3, 0.4) is 0 Å². The number of hydrogen-bond donors (Lipinski definition) is 1. The van der Waals surface area contributed by atoms with Crippen molar-refractivity contribution < 1.29 is 27.9 Å². The molecule has 1 aromatic heterocycles.